The van der Waals surface area contributed by atoms with E-state index in [9.17, 15) is 9.59 Å². The van der Waals surface area contributed by atoms with Gasteiger partial charge >= 0.3 is 0 Å². The number of amides is 2. The van der Waals surface area contributed by atoms with Gasteiger partial charge in [0.2, 0.25) is 5.91 Å². The van der Waals surface area contributed by atoms with Gasteiger partial charge in [-0.3, -0.25) is 14.3 Å². The highest BCUT2D eigenvalue weighted by Crippen LogP contribution is 2.19. The predicted octanol–water partition coefficient (Wildman–Crippen LogP) is 2.28. The number of rotatable bonds is 6. The van der Waals surface area contributed by atoms with Crippen LogP contribution in [0.1, 0.15) is 35.1 Å². The summed E-state index contributed by atoms with van der Waals surface area (Å²) >= 11 is 0. The first kappa shape index (κ1) is 16.7. The number of benzene rings is 1. The van der Waals surface area contributed by atoms with Crippen LogP contribution in [0.2, 0.25) is 0 Å². The van der Waals surface area contributed by atoms with Crippen LogP contribution in [0, 0.1) is 13.8 Å². The monoisotopic (exact) mass is 314 g/mol. The Hall–Kier alpha value is -2.63. The standard InChI is InChI=1S/C17H22N4O2/c1-4-10-21-13(3)16(12(2)20-21)19-15(22)11-18-17(23)14-8-6-5-7-9-14/h5-9H,4,10-11H2,1-3H3,(H,18,23)(H,19,22). The smallest absolute Gasteiger partial charge is 0.251 e. The third kappa shape index (κ3) is 4.18. The van der Waals surface area contributed by atoms with Crippen molar-refractivity contribution in [2.45, 2.75) is 33.7 Å². The highest BCUT2D eigenvalue weighted by Gasteiger charge is 2.14. The molecule has 1 aromatic heterocycles. The van der Waals surface area contributed by atoms with Crippen LogP contribution in [0.3, 0.4) is 0 Å². The van der Waals surface area contributed by atoms with Gasteiger partial charge in [-0.1, -0.05) is 25.1 Å². The molecule has 2 N–H and O–H groups in total. The number of hydrogen-bond acceptors (Lipinski definition) is 3. The molecule has 0 saturated heterocycles. The van der Waals surface area contributed by atoms with Crippen LogP contribution in [0.4, 0.5) is 5.69 Å². The van der Waals surface area contributed by atoms with E-state index < -0.39 is 0 Å². The van der Waals surface area contributed by atoms with E-state index in [4.69, 9.17) is 0 Å². The van der Waals surface area contributed by atoms with Crippen molar-refractivity contribution in [1.82, 2.24) is 15.1 Å². The Morgan fingerprint density at radius 3 is 2.52 bits per heavy atom. The minimum absolute atomic E-state index is 0.0778. The minimum atomic E-state index is -0.268. The van der Waals surface area contributed by atoms with Crippen LogP contribution in [0.15, 0.2) is 30.3 Å². The lowest BCUT2D eigenvalue weighted by atomic mass is 10.2. The second-order valence-corrected chi connectivity index (χ2v) is 5.37. The maximum atomic E-state index is 12.1. The van der Waals surface area contributed by atoms with Gasteiger partial charge in [0.05, 0.1) is 23.6 Å². The zero-order valence-electron chi connectivity index (χ0n) is 13.7. The molecule has 23 heavy (non-hydrogen) atoms. The first-order valence-corrected chi connectivity index (χ1v) is 7.70. The molecule has 6 nitrogen and oxygen atoms in total. The summed E-state index contributed by atoms with van der Waals surface area (Å²) < 4.78 is 1.88. The quantitative estimate of drug-likeness (QED) is 0.859. The van der Waals surface area contributed by atoms with Gasteiger partial charge in [-0.05, 0) is 32.4 Å². The summed E-state index contributed by atoms with van der Waals surface area (Å²) in [7, 11) is 0. The van der Waals surface area contributed by atoms with Crippen molar-refractivity contribution in [3.05, 3.63) is 47.3 Å². The minimum Gasteiger partial charge on any atom is -0.343 e. The van der Waals surface area contributed by atoms with Crippen LogP contribution < -0.4 is 10.6 Å². The second-order valence-electron chi connectivity index (χ2n) is 5.37. The van der Waals surface area contributed by atoms with E-state index in [-0.39, 0.29) is 18.4 Å². The lowest BCUT2D eigenvalue weighted by Crippen LogP contribution is -2.33. The first-order valence-electron chi connectivity index (χ1n) is 7.70. The largest absolute Gasteiger partial charge is 0.343 e. The van der Waals surface area contributed by atoms with E-state index in [0.717, 1.165) is 30.0 Å². The van der Waals surface area contributed by atoms with Crippen molar-refractivity contribution < 1.29 is 9.59 Å². The number of nitrogens with zero attached hydrogens (tertiary/aromatic N) is 2. The third-order valence-electron chi connectivity index (χ3n) is 3.53. The maximum Gasteiger partial charge on any atom is 0.251 e. The molecule has 0 aliphatic heterocycles. The van der Waals surface area contributed by atoms with Crippen molar-refractivity contribution in [2.24, 2.45) is 0 Å². The Morgan fingerprint density at radius 1 is 1.17 bits per heavy atom. The molecule has 1 heterocycles. The number of carbonyl (C=O) groups is 2. The Kier molecular flexibility index (Phi) is 5.51. The molecular weight excluding hydrogens is 292 g/mol. The summed E-state index contributed by atoms with van der Waals surface area (Å²) in [5, 5.41) is 9.85. The number of hydrogen-bond donors (Lipinski definition) is 2. The molecular formula is C17H22N4O2. The van der Waals surface area contributed by atoms with Crippen molar-refractivity contribution in [1.29, 1.82) is 0 Å². The number of nitrogens with one attached hydrogen (secondary N) is 2. The molecule has 6 heteroatoms. The van der Waals surface area contributed by atoms with E-state index in [1.54, 1.807) is 24.3 Å². The summed E-state index contributed by atoms with van der Waals surface area (Å²) in [4.78, 5) is 24.0. The lowest BCUT2D eigenvalue weighted by molar-refractivity contribution is -0.115. The SMILES string of the molecule is CCCn1nc(C)c(NC(=O)CNC(=O)c2ccccc2)c1C. The van der Waals surface area contributed by atoms with Gasteiger partial charge in [0.25, 0.3) is 5.91 Å². The summed E-state index contributed by atoms with van der Waals surface area (Å²) in [6.07, 6.45) is 0.975. The molecule has 2 amide bonds. The van der Waals surface area contributed by atoms with Crippen LogP contribution >= 0.6 is 0 Å². The van der Waals surface area contributed by atoms with E-state index in [2.05, 4.69) is 22.7 Å². The summed E-state index contributed by atoms with van der Waals surface area (Å²) in [5.74, 6) is -0.535. The number of aromatic nitrogens is 2. The Labute approximate surface area is 135 Å². The molecule has 0 unspecified atom stereocenters. The highest BCUT2D eigenvalue weighted by atomic mass is 16.2. The lowest BCUT2D eigenvalue weighted by Gasteiger charge is -2.08. The van der Waals surface area contributed by atoms with Crippen molar-refractivity contribution in [3.8, 4) is 0 Å². The van der Waals surface area contributed by atoms with Gasteiger partial charge in [0.1, 0.15) is 0 Å². The fourth-order valence-electron chi connectivity index (χ4n) is 2.34. The Balaban J connectivity index is 1.94. The van der Waals surface area contributed by atoms with Gasteiger partial charge in [0, 0.05) is 12.1 Å². The molecule has 0 aliphatic rings. The van der Waals surface area contributed by atoms with Crippen LogP contribution in [-0.4, -0.2) is 28.1 Å². The normalized spacial score (nSPS) is 10.4. The highest BCUT2D eigenvalue weighted by molar-refractivity contribution is 5.99. The Morgan fingerprint density at radius 2 is 1.87 bits per heavy atom. The zero-order valence-corrected chi connectivity index (χ0v) is 13.7. The molecule has 0 radical (unpaired) electrons. The molecule has 0 bridgehead atoms. The van der Waals surface area contributed by atoms with Crippen molar-refractivity contribution >= 4 is 17.5 Å². The molecule has 1 aromatic carbocycles. The molecule has 0 saturated carbocycles. The van der Waals surface area contributed by atoms with Gasteiger partial charge in [-0.25, -0.2) is 0 Å². The van der Waals surface area contributed by atoms with Gasteiger partial charge in [-0.2, -0.15) is 5.10 Å². The van der Waals surface area contributed by atoms with Gasteiger partial charge in [-0.15, -0.1) is 0 Å². The Bertz CT molecular complexity index is 692. The van der Waals surface area contributed by atoms with E-state index in [1.807, 2.05) is 24.6 Å². The van der Waals surface area contributed by atoms with Crippen LogP contribution in [0.25, 0.3) is 0 Å². The van der Waals surface area contributed by atoms with E-state index >= 15 is 0 Å². The van der Waals surface area contributed by atoms with Crippen molar-refractivity contribution in [3.63, 3.8) is 0 Å². The second kappa shape index (κ2) is 7.58. The average Bonchev–Trinajstić information content (AvgIpc) is 2.81. The first-order chi connectivity index (χ1) is 11.0. The molecule has 0 aliphatic carbocycles. The van der Waals surface area contributed by atoms with E-state index in [0.29, 0.717) is 5.56 Å². The average molecular weight is 314 g/mol. The molecule has 2 rings (SSSR count). The molecule has 2 aromatic rings. The molecule has 122 valence electrons. The molecule has 0 spiro atoms. The van der Waals surface area contributed by atoms with Crippen LogP contribution in [0.5, 0.6) is 0 Å². The maximum absolute atomic E-state index is 12.1. The van der Waals surface area contributed by atoms with Gasteiger partial charge in [0.15, 0.2) is 0 Å². The summed E-state index contributed by atoms with van der Waals surface area (Å²) in [6.45, 7) is 6.60. The molecule has 0 atom stereocenters. The molecule has 0 fully saturated rings. The zero-order chi connectivity index (χ0) is 16.8. The number of aryl methyl sites for hydroxylation is 2. The van der Waals surface area contributed by atoms with Crippen molar-refractivity contribution in [2.75, 3.05) is 11.9 Å². The third-order valence-corrected chi connectivity index (χ3v) is 3.53. The number of anilines is 1. The van der Waals surface area contributed by atoms with Crippen LogP contribution in [-0.2, 0) is 11.3 Å². The van der Waals surface area contributed by atoms with E-state index in [1.165, 1.54) is 0 Å². The topological polar surface area (TPSA) is 76.0 Å². The predicted molar refractivity (Wildman–Crippen MR) is 89.4 cm³/mol. The number of carbonyl (C=O) groups excluding carboxylic acids is 2. The van der Waals surface area contributed by atoms with Gasteiger partial charge < -0.3 is 10.6 Å². The fourth-order valence-corrected chi connectivity index (χ4v) is 2.34. The summed E-state index contributed by atoms with van der Waals surface area (Å²) in [6, 6.07) is 8.81. The fraction of sp³-hybridized carbons (Fsp3) is 0.353. The summed E-state index contributed by atoms with van der Waals surface area (Å²) in [5.41, 5.74) is 2.95.